The first kappa shape index (κ1) is 12.0. The Morgan fingerprint density at radius 1 is 0.857 bits per heavy atom. The van der Waals surface area contributed by atoms with Crippen LogP contribution in [-0.2, 0) is 0 Å². The van der Waals surface area contributed by atoms with E-state index in [1.165, 1.54) is 13.0 Å². The van der Waals surface area contributed by atoms with Gasteiger partial charge in [-0.2, -0.15) is 0 Å². The molecule has 0 unspecified atom stereocenters. The van der Waals surface area contributed by atoms with E-state index in [9.17, 15) is 0 Å². The van der Waals surface area contributed by atoms with E-state index < -0.39 is 0 Å². The third-order valence-corrected chi connectivity index (χ3v) is 6.03. The number of rotatable bonds is 0. The molecule has 1 heterocycles. The second-order valence-corrected chi connectivity index (χ2v) is 7.23. The Bertz CT molecular complexity index is 208. The quantitative estimate of drug-likeness (QED) is 0.524. The molecule has 1 aliphatic rings. The van der Waals surface area contributed by atoms with Crippen molar-refractivity contribution >= 4 is 0 Å². The molecule has 1 aliphatic heterocycles. The van der Waals surface area contributed by atoms with Crippen LogP contribution >= 0.6 is 0 Å². The smallest absolute Gasteiger partial charge is 0.0987 e. The van der Waals surface area contributed by atoms with Gasteiger partial charge in [-0.05, 0) is 19.3 Å². The summed E-state index contributed by atoms with van der Waals surface area (Å²) in [5, 5.41) is 0. The highest BCUT2D eigenvalue weighted by Gasteiger charge is 2.59. The summed E-state index contributed by atoms with van der Waals surface area (Å²) < 4.78 is 1.14. The maximum Gasteiger partial charge on any atom is 0.0987 e. The van der Waals surface area contributed by atoms with Gasteiger partial charge < -0.3 is 4.48 Å². The molecule has 1 rings (SSSR count). The minimum Gasteiger partial charge on any atom is -0.324 e. The van der Waals surface area contributed by atoms with E-state index in [0.29, 0.717) is 16.4 Å². The third kappa shape index (κ3) is 1.25. The van der Waals surface area contributed by atoms with Gasteiger partial charge in [-0.3, -0.25) is 0 Å². The lowest BCUT2D eigenvalue weighted by Gasteiger charge is -2.63. The standard InChI is InChI=1S/C13H28N/c1-11(2)9-10-14(7,8)13(5,6)12(11,3)4/h9-10H2,1-8H3/q+1. The summed E-state index contributed by atoms with van der Waals surface area (Å²) in [7, 11) is 4.74. The summed E-state index contributed by atoms with van der Waals surface area (Å²) in [6, 6.07) is 0. The molecule has 0 spiro atoms. The van der Waals surface area contributed by atoms with Crippen LogP contribution in [0, 0.1) is 10.8 Å². The van der Waals surface area contributed by atoms with Gasteiger partial charge in [0.05, 0.1) is 26.2 Å². The summed E-state index contributed by atoms with van der Waals surface area (Å²) in [6.07, 6.45) is 1.33. The van der Waals surface area contributed by atoms with E-state index in [1.54, 1.807) is 0 Å². The molecule has 0 N–H and O–H groups in total. The topological polar surface area (TPSA) is 0 Å². The number of nitrogens with zero attached hydrogens (tertiary/aromatic N) is 1. The van der Waals surface area contributed by atoms with Crippen LogP contribution in [0.15, 0.2) is 0 Å². The van der Waals surface area contributed by atoms with Gasteiger partial charge in [0.25, 0.3) is 0 Å². The fourth-order valence-electron chi connectivity index (χ4n) is 2.74. The van der Waals surface area contributed by atoms with Gasteiger partial charge in [0.15, 0.2) is 0 Å². The fraction of sp³-hybridized carbons (Fsp3) is 1.00. The molecule has 0 atom stereocenters. The first-order valence-corrected chi connectivity index (χ1v) is 5.79. The highest BCUT2D eigenvalue weighted by molar-refractivity contribution is 5.00. The minimum atomic E-state index is 0.342. The molecule has 0 aromatic rings. The van der Waals surface area contributed by atoms with E-state index in [1.807, 2.05) is 0 Å². The van der Waals surface area contributed by atoms with Crippen molar-refractivity contribution < 1.29 is 4.48 Å². The van der Waals surface area contributed by atoms with E-state index in [2.05, 4.69) is 55.6 Å². The molecule has 1 nitrogen and oxygen atoms in total. The normalized spacial score (nSPS) is 32.6. The highest BCUT2D eigenvalue weighted by Crippen LogP contribution is 2.55. The van der Waals surface area contributed by atoms with Gasteiger partial charge in [0, 0.05) is 11.8 Å². The molecule has 84 valence electrons. The first-order valence-electron chi connectivity index (χ1n) is 5.79. The summed E-state index contributed by atoms with van der Waals surface area (Å²) in [5.74, 6) is 0. The van der Waals surface area contributed by atoms with Crippen molar-refractivity contribution in [2.75, 3.05) is 20.6 Å². The van der Waals surface area contributed by atoms with Crippen molar-refractivity contribution in [3.05, 3.63) is 0 Å². The average molecular weight is 198 g/mol. The second kappa shape index (κ2) is 2.75. The molecular weight excluding hydrogens is 170 g/mol. The zero-order chi connectivity index (χ0) is 11.4. The lowest BCUT2D eigenvalue weighted by molar-refractivity contribution is -0.955. The molecule has 0 aliphatic carbocycles. The fourth-order valence-corrected chi connectivity index (χ4v) is 2.74. The maximum absolute atomic E-state index is 2.44. The van der Waals surface area contributed by atoms with Crippen molar-refractivity contribution in [3.63, 3.8) is 0 Å². The second-order valence-electron chi connectivity index (χ2n) is 7.23. The van der Waals surface area contributed by atoms with Crippen molar-refractivity contribution in [1.29, 1.82) is 0 Å². The molecule has 1 fully saturated rings. The lowest BCUT2D eigenvalue weighted by Crippen LogP contribution is -2.70. The Balaban J connectivity index is 3.20. The van der Waals surface area contributed by atoms with Gasteiger partial charge in [0.2, 0.25) is 0 Å². The van der Waals surface area contributed by atoms with Crippen molar-refractivity contribution in [2.24, 2.45) is 10.8 Å². The Labute approximate surface area is 90.1 Å². The number of likely N-dealkylation sites (tertiary alicyclic amines) is 1. The molecule has 0 aromatic carbocycles. The number of piperidine rings is 1. The zero-order valence-electron chi connectivity index (χ0n) is 11.4. The zero-order valence-corrected chi connectivity index (χ0v) is 11.4. The summed E-state index contributed by atoms with van der Waals surface area (Å²) in [5.41, 5.74) is 1.17. The Kier molecular flexibility index (Phi) is 2.36. The van der Waals surface area contributed by atoms with Crippen molar-refractivity contribution in [1.82, 2.24) is 0 Å². The van der Waals surface area contributed by atoms with Crippen LogP contribution in [-0.4, -0.2) is 30.7 Å². The van der Waals surface area contributed by atoms with Gasteiger partial charge >= 0.3 is 0 Å². The van der Waals surface area contributed by atoms with Crippen LogP contribution in [0.25, 0.3) is 0 Å². The van der Waals surface area contributed by atoms with E-state index >= 15 is 0 Å². The van der Waals surface area contributed by atoms with Gasteiger partial charge in [-0.25, -0.2) is 0 Å². The SMILES string of the molecule is CC1(C)CC[N+](C)(C)C(C)(C)C1(C)C. The summed E-state index contributed by atoms with van der Waals surface area (Å²) in [4.78, 5) is 0. The third-order valence-electron chi connectivity index (χ3n) is 6.03. The predicted molar refractivity (Wildman–Crippen MR) is 63.2 cm³/mol. The van der Waals surface area contributed by atoms with Crippen LogP contribution in [0.2, 0.25) is 0 Å². The van der Waals surface area contributed by atoms with Gasteiger partial charge in [-0.1, -0.05) is 27.7 Å². The van der Waals surface area contributed by atoms with Crippen LogP contribution in [0.3, 0.4) is 0 Å². The molecule has 0 radical (unpaired) electrons. The summed E-state index contributed by atoms with van der Waals surface area (Å²) >= 11 is 0. The Hall–Kier alpha value is -0.0400. The minimum absolute atomic E-state index is 0.342. The van der Waals surface area contributed by atoms with Crippen LogP contribution in [0.1, 0.15) is 48.0 Å². The molecule has 0 saturated carbocycles. The van der Waals surface area contributed by atoms with Gasteiger partial charge in [-0.15, -0.1) is 0 Å². The van der Waals surface area contributed by atoms with E-state index in [-0.39, 0.29) is 0 Å². The molecule has 0 aromatic heterocycles. The average Bonchev–Trinajstić information content (AvgIpc) is 1.98. The number of hydrogen-bond acceptors (Lipinski definition) is 0. The highest BCUT2D eigenvalue weighted by atomic mass is 15.4. The first-order chi connectivity index (χ1) is 5.96. The summed E-state index contributed by atoms with van der Waals surface area (Å²) in [6.45, 7) is 15.9. The lowest BCUT2D eigenvalue weighted by atomic mass is 9.54. The predicted octanol–water partition coefficient (Wildman–Crippen LogP) is 3.30. The molecule has 1 saturated heterocycles. The van der Waals surface area contributed by atoms with Crippen LogP contribution in [0.4, 0.5) is 0 Å². The monoisotopic (exact) mass is 198 g/mol. The van der Waals surface area contributed by atoms with Crippen LogP contribution in [0.5, 0.6) is 0 Å². The number of hydrogen-bond donors (Lipinski definition) is 0. The number of quaternary nitrogens is 1. The van der Waals surface area contributed by atoms with E-state index in [0.717, 1.165) is 4.48 Å². The molecular formula is C13H28N+. The molecule has 0 amide bonds. The molecule has 14 heavy (non-hydrogen) atoms. The maximum atomic E-state index is 2.44. The molecule has 0 bridgehead atoms. The largest absolute Gasteiger partial charge is 0.324 e. The van der Waals surface area contributed by atoms with Crippen molar-refractivity contribution in [2.45, 2.75) is 53.5 Å². The van der Waals surface area contributed by atoms with E-state index in [4.69, 9.17) is 0 Å². The Morgan fingerprint density at radius 3 is 1.64 bits per heavy atom. The van der Waals surface area contributed by atoms with Crippen LogP contribution < -0.4 is 0 Å². The molecule has 1 heteroatoms. The van der Waals surface area contributed by atoms with Crippen molar-refractivity contribution in [3.8, 4) is 0 Å². The van der Waals surface area contributed by atoms with Gasteiger partial charge in [0.1, 0.15) is 0 Å². The Morgan fingerprint density at radius 2 is 1.29 bits per heavy atom.